The van der Waals surface area contributed by atoms with Crippen LogP contribution in [0.2, 0.25) is 0 Å². The molecule has 0 amide bonds. The molecule has 0 aromatic heterocycles. The van der Waals surface area contributed by atoms with Crippen molar-refractivity contribution in [3.63, 3.8) is 0 Å². The lowest BCUT2D eigenvalue weighted by molar-refractivity contribution is 0.403. The molecule has 0 fully saturated rings. The molecule has 0 heterocycles. The van der Waals surface area contributed by atoms with E-state index in [-0.39, 0.29) is 5.41 Å². The molecule has 0 aliphatic rings. The van der Waals surface area contributed by atoms with Crippen molar-refractivity contribution < 1.29 is 4.74 Å². The van der Waals surface area contributed by atoms with Crippen molar-refractivity contribution in [1.82, 2.24) is 0 Å². The van der Waals surface area contributed by atoms with Gasteiger partial charge >= 0.3 is 0 Å². The first-order valence-corrected chi connectivity index (χ1v) is 5.96. The molecule has 0 unspecified atom stereocenters. The van der Waals surface area contributed by atoms with Gasteiger partial charge in [-0.05, 0) is 45.7 Å². The van der Waals surface area contributed by atoms with E-state index in [0.29, 0.717) is 0 Å². The van der Waals surface area contributed by atoms with Gasteiger partial charge in [-0.2, -0.15) is 0 Å². The average Bonchev–Trinajstić information content (AvgIpc) is 2.06. The summed E-state index contributed by atoms with van der Waals surface area (Å²) in [5, 5.41) is 0. The summed E-state index contributed by atoms with van der Waals surface area (Å²) < 4.78 is 6.44. The van der Waals surface area contributed by atoms with Crippen LogP contribution < -0.4 is 4.74 Å². The fraction of sp³-hybridized carbons (Fsp3) is 0.455. The first kappa shape index (κ1) is 12.2. The van der Waals surface area contributed by atoms with Crippen molar-refractivity contribution >= 4 is 35.2 Å². The van der Waals surface area contributed by atoms with Crippen LogP contribution in [0, 0.1) is 3.57 Å². The molecule has 3 heteroatoms. The Morgan fingerprint density at radius 1 is 1.29 bits per heavy atom. The fourth-order valence-electron chi connectivity index (χ4n) is 1.28. The highest BCUT2D eigenvalue weighted by Gasteiger charge is 2.18. The largest absolute Gasteiger partial charge is 0.496 e. The smallest absolute Gasteiger partial charge is 0.133 e. The molecule has 0 spiro atoms. The summed E-state index contributed by atoms with van der Waals surface area (Å²) in [5.41, 5.74) is 1.46. The van der Waals surface area contributed by atoms with Gasteiger partial charge in [0.2, 0.25) is 0 Å². The standard InChI is InChI=1S/C11H15IOS/c1-11(2,3)7-5-10(14)9(13-4)6-8(7)12/h5-6,14H,1-4H3. The molecule has 1 nitrogen and oxygen atoms in total. The summed E-state index contributed by atoms with van der Waals surface area (Å²) in [7, 11) is 1.67. The Balaban J connectivity index is 3.29. The van der Waals surface area contributed by atoms with E-state index in [1.165, 1.54) is 9.13 Å². The van der Waals surface area contributed by atoms with Crippen LogP contribution in [0.15, 0.2) is 17.0 Å². The second kappa shape index (κ2) is 4.31. The molecule has 1 rings (SSSR count). The van der Waals surface area contributed by atoms with E-state index in [9.17, 15) is 0 Å². The molecule has 0 N–H and O–H groups in total. The Kier molecular flexibility index (Phi) is 3.75. The monoisotopic (exact) mass is 322 g/mol. The third kappa shape index (κ3) is 2.57. The van der Waals surface area contributed by atoms with Gasteiger partial charge in [0.05, 0.1) is 7.11 Å². The van der Waals surface area contributed by atoms with E-state index in [1.807, 2.05) is 6.07 Å². The molecule has 0 saturated heterocycles. The van der Waals surface area contributed by atoms with E-state index >= 15 is 0 Å². The Bertz CT molecular complexity index is 342. The summed E-state index contributed by atoms with van der Waals surface area (Å²) in [6, 6.07) is 4.12. The normalized spacial score (nSPS) is 11.6. The molecule has 78 valence electrons. The number of benzene rings is 1. The Morgan fingerprint density at radius 2 is 1.86 bits per heavy atom. The molecule has 14 heavy (non-hydrogen) atoms. The predicted octanol–water partition coefficient (Wildman–Crippen LogP) is 3.89. The van der Waals surface area contributed by atoms with Crippen LogP contribution >= 0.6 is 35.2 Å². The minimum absolute atomic E-state index is 0.153. The van der Waals surface area contributed by atoms with Gasteiger partial charge in [-0.25, -0.2) is 0 Å². The van der Waals surface area contributed by atoms with E-state index in [2.05, 4.69) is 62.1 Å². The zero-order valence-corrected chi connectivity index (χ0v) is 11.9. The minimum atomic E-state index is 0.153. The van der Waals surface area contributed by atoms with Gasteiger partial charge in [0.15, 0.2) is 0 Å². The number of thiol groups is 1. The molecule has 0 aliphatic heterocycles. The lowest BCUT2D eigenvalue weighted by atomic mass is 9.87. The zero-order valence-electron chi connectivity index (χ0n) is 8.89. The molecular formula is C11H15IOS. The number of rotatable bonds is 1. The molecule has 0 atom stereocenters. The van der Waals surface area contributed by atoms with Crippen molar-refractivity contribution in [2.24, 2.45) is 0 Å². The van der Waals surface area contributed by atoms with Crippen LogP contribution in [-0.2, 0) is 5.41 Å². The van der Waals surface area contributed by atoms with Crippen molar-refractivity contribution in [3.8, 4) is 5.75 Å². The van der Waals surface area contributed by atoms with Gasteiger partial charge in [0, 0.05) is 8.47 Å². The number of hydrogen-bond acceptors (Lipinski definition) is 2. The van der Waals surface area contributed by atoms with Gasteiger partial charge in [-0.3, -0.25) is 0 Å². The maximum absolute atomic E-state index is 5.21. The number of ether oxygens (including phenoxy) is 1. The van der Waals surface area contributed by atoms with E-state index in [0.717, 1.165) is 10.6 Å². The maximum atomic E-state index is 5.21. The third-order valence-corrected chi connectivity index (χ3v) is 3.32. The first-order valence-electron chi connectivity index (χ1n) is 4.43. The van der Waals surface area contributed by atoms with Gasteiger partial charge in [-0.1, -0.05) is 20.8 Å². The maximum Gasteiger partial charge on any atom is 0.133 e. The molecule has 0 aliphatic carbocycles. The van der Waals surface area contributed by atoms with Crippen LogP contribution in [0.25, 0.3) is 0 Å². The summed E-state index contributed by atoms with van der Waals surface area (Å²) in [6.45, 7) is 6.60. The number of hydrogen-bond donors (Lipinski definition) is 1. The lowest BCUT2D eigenvalue weighted by Crippen LogP contribution is -2.13. The van der Waals surface area contributed by atoms with Crippen molar-refractivity contribution in [1.29, 1.82) is 0 Å². The Hall–Kier alpha value is 0.1000. The highest BCUT2D eigenvalue weighted by atomic mass is 127. The van der Waals surface area contributed by atoms with Crippen LogP contribution in [-0.4, -0.2) is 7.11 Å². The molecule has 0 radical (unpaired) electrons. The summed E-state index contributed by atoms with van der Waals surface area (Å²) in [6.07, 6.45) is 0. The molecular weight excluding hydrogens is 307 g/mol. The SMILES string of the molecule is COc1cc(I)c(C(C)(C)C)cc1S. The predicted molar refractivity (Wildman–Crippen MR) is 71.7 cm³/mol. The summed E-state index contributed by atoms with van der Waals surface area (Å²) >= 11 is 6.74. The molecule has 1 aromatic carbocycles. The van der Waals surface area contributed by atoms with Crippen LogP contribution in [0.4, 0.5) is 0 Å². The van der Waals surface area contributed by atoms with Gasteiger partial charge in [0.1, 0.15) is 5.75 Å². The Labute approximate surface area is 105 Å². The van der Waals surface area contributed by atoms with E-state index in [4.69, 9.17) is 4.74 Å². The van der Waals surface area contributed by atoms with Gasteiger partial charge < -0.3 is 4.74 Å². The second-order valence-electron chi connectivity index (χ2n) is 4.25. The van der Waals surface area contributed by atoms with Crippen molar-refractivity contribution in [3.05, 3.63) is 21.3 Å². The highest BCUT2D eigenvalue weighted by molar-refractivity contribution is 14.1. The van der Waals surface area contributed by atoms with Crippen molar-refractivity contribution in [2.45, 2.75) is 31.1 Å². The van der Waals surface area contributed by atoms with Gasteiger partial charge in [-0.15, -0.1) is 12.6 Å². The topological polar surface area (TPSA) is 9.23 Å². The number of halogens is 1. The minimum Gasteiger partial charge on any atom is -0.496 e. The van der Waals surface area contributed by atoms with E-state index < -0.39 is 0 Å². The van der Waals surface area contributed by atoms with Crippen molar-refractivity contribution in [2.75, 3.05) is 7.11 Å². The fourth-order valence-corrected chi connectivity index (χ4v) is 2.81. The van der Waals surface area contributed by atoms with Gasteiger partial charge in [0.25, 0.3) is 0 Å². The zero-order chi connectivity index (χ0) is 10.9. The van der Waals surface area contributed by atoms with Crippen LogP contribution in [0.3, 0.4) is 0 Å². The Morgan fingerprint density at radius 3 is 2.29 bits per heavy atom. The molecule has 1 aromatic rings. The lowest BCUT2D eigenvalue weighted by Gasteiger charge is -2.22. The van der Waals surface area contributed by atoms with Crippen LogP contribution in [0.5, 0.6) is 5.75 Å². The average molecular weight is 322 g/mol. The quantitative estimate of drug-likeness (QED) is 0.610. The molecule has 0 bridgehead atoms. The second-order valence-corrected chi connectivity index (χ2v) is 5.90. The van der Waals surface area contributed by atoms with Crippen LogP contribution in [0.1, 0.15) is 26.3 Å². The molecule has 0 saturated carbocycles. The van der Waals surface area contributed by atoms with E-state index in [1.54, 1.807) is 7.11 Å². The highest BCUT2D eigenvalue weighted by Crippen LogP contribution is 2.34. The third-order valence-electron chi connectivity index (χ3n) is 2.08. The summed E-state index contributed by atoms with van der Waals surface area (Å²) in [4.78, 5) is 0.901. The summed E-state index contributed by atoms with van der Waals surface area (Å²) in [5.74, 6) is 0.839. The number of methoxy groups -OCH3 is 1. The first-order chi connectivity index (χ1) is 6.36.